The fourth-order valence-corrected chi connectivity index (χ4v) is 3.45. The number of para-hydroxylation sites is 1. The van der Waals surface area contributed by atoms with Crippen LogP contribution in [0, 0.1) is 6.92 Å². The highest BCUT2D eigenvalue weighted by molar-refractivity contribution is 6.08. The second-order valence-corrected chi connectivity index (χ2v) is 7.25. The lowest BCUT2D eigenvalue weighted by atomic mass is 10.1. The van der Waals surface area contributed by atoms with Crippen molar-refractivity contribution in [3.63, 3.8) is 0 Å². The Morgan fingerprint density at radius 3 is 2.44 bits per heavy atom. The Balaban J connectivity index is 1.74. The number of amides is 2. The van der Waals surface area contributed by atoms with Gasteiger partial charge in [-0.3, -0.25) is 9.59 Å². The number of ether oxygens (including phenoxy) is 1. The Hall–Kier alpha value is -4.39. The summed E-state index contributed by atoms with van der Waals surface area (Å²) in [5.74, 6) is -0.165. The van der Waals surface area contributed by atoms with Gasteiger partial charge in [-0.05, 0) is 55.0 Å². The van der Waals surface area contributed by atoms with Gasteiger partial charge in [0.05, 0.1) is 18.4 Å². The van der Waals surface area contributed by atoms with Crippen molar-refractivity contribution < 1.29 is 14.3 Å². The van der Waals surface area contributed by atoms with E-state index in [9.17, 15) is 9.59 Å². The zero-order valence-electron chi connectivity index (χ0n) is 17.7. The molecule has 0 aliphatic rings. The minimum atomic E-state index is -0.509. The average molecular weight is 426 g/mol. The number of carbonyl (C=O) groups excluding carboxylic acids is 2. The highest BCUT2D eigenvalue weighted by atomic mass is 16.5. The SMILES string of the molecule is COc1cccc(-c2nn(-c3ccccc3)cc2C(=O)Nc2ccc(C(N)=O)c(C)c2)c1. The van der Waals surface area contributed by atoms with Gasteiger partial charge in [0.15, 0.2) is 0 Å². The molecule has 0 saturated heterocycles. The number of aromatic nitrogens is 2. The number of nitrogens with zero attached hydrogens (tertiary/aromatic N) is 2. The van der Waals surface area contributed by atoms with Crippen molar-refractivity contribution in [2.24, 2.45) is 5.73 Å². The molecule has 4 rings (SSSR count). The van der Waals surface area contributed by atoms with Crippen molar-refractivity contribution in [3.05, 3.63) is 95.7 Å². The summed E-state index contributed by atoms with van der Waals surface area (Å²) in [6.45, 7) is 1.77. The highest BCUT2D eigenvalue weighted by Crippen LogP contribution is 2.28. The van der Waals surface area contributed by atoms with Gasteiger partial charge in [-0.15, -0.1) is 0 Å². The van der Waals surface area contributed by atoms with Crippen molar-refractivity contribution in [2.45, 2.75) is 6.92 Å². The molecule has 1 heterocycles. The van der Waals surface area contributed by atoms with E-state index >= 15 is 0 Å². The van der Waals surface area contributed by atoms with E-state index in [0.717, 1.165) is 11.3 Å². The highest BCUT2D eigenvalue weighted by Gasteiger charge is 2.20. The number of nitrogens with two attached hydrogens (primary N) is 1. The molecule has 0 spiro atoms. The van der Waals surface area contributed by atoms with Crippen LogP contribution < -0.4 is 15.8 Å². The number of anilines is 1. The summed E-state index contributed by atoms with van der Waals surface area (Å²) < 4.78 is 7.01. The number of carbonyl (C=O) groups is 2. The van der Waals surface area contributed by atoms with Gasteiger partial charge in [0.2, 0.25) is 5.91 Å². The summed E-state index contributed by atoms with van der Waals surface area (Å²) >= 11 is 0. The topological polar surface area (TPSA) is 99.2 Å². The van der Waals surface area contributed by atoms with Gasteiger partial charge in [-0.1, -0.05) is 30.3 Å². The maximum Gasteiger partial charge on any atom is 0.259 e. The van der Waals surface area contributed by atoms with Gasteiger partial charge in [0, 0.05) is 23.0 Å². The summed E-state index contributed by atoms with van der Waals surface area (Å²) in [7, 11) is 1.59. The molecule has 1 aromatic heterocycles. The summed E-state index contributed by atoms with van der Waals surface area (Å²) in [5.41, 5.74) is 9.54. The van der Waals surface area contributed by atoms with Crippen LogP contribution in [-0.2, 0) is 0 Å². The number of benzene rings is 3. The van der Waals surface area contributed by atoms with Gasteiger partial charge in [-0.2, -0.15) is 5.10 Å². The Morgan fingerprint density at radius 1 is 0.969 bits per heavy atom. The van der Waals surface area contributed by atoms with Crippen LogP contribution in [0.4, 0.5) is 5.69 Å². The molecule has 4 aromatic rings. The molecule has 0 radical (unpaired) electrons. The molecule has 32 heavy (non-hydrogen) atoms. The standard InChI is InChI=1S/C25H22N4O3/c1-16-13-18(11-12-21(16)24(26)30)27-25(31)22-15-29(19-8-4-3-5-9-19)28-23(22)17-7-6-10-20(14-17)32-2/h3-15H,1-2H3,(H2,26,30)(H,27,31). The Morgan fingerprint density at radius 2 is 1.75 bits per heavy atom. The molecule has 3 N–H and O–H groups in total. The molecule has 0 aliphatic carbocycles. The number of primary amides is 1. The van der Waals surface area contributed by atoms with Crippen molar-refractivity contribution in [1.82, 2.24) is 9.78 Å². The predicted molar refractivity (Wildman–Crippen MR) is 123 cm³/mol. The minimum absolute atomic E-state index is 0.323. The van der Waals surface area contributed by atoms with E-state index in [0.29, 0.717) is 33.8 Å². The van der Waals surface area contributed by atoms with Crippen molar-refractivity contribution >= 4 is 17.5 Å². The molecule has 0 unspecified atom stereocenters. The largest absolute Gasteiger partial charge is 0.497 e. The Bertz CT molecular complexity index is 1300. The smallest absolute Gasteiger partial charge is 0.259 e. The molecule has 0 bridgehead atoms. The Labute approximate surface area is 185 Å². The molecule has 0 aliphatic heterocycles. The van der Waals surface area contributed by atoms with Crippen molar-refractivity contribution in [3.8, 4) is 22.7 Å². The number of rotatable bonds is 6. The van der Waals surface area contributed by atoms with E-state index in [-0.39, 0.29) is 5.91 Å². The van der Waals surface area contributed by atoms with E-state index in [4.69, 9.17) is 10.5 Å². The molecular weight excluding hydrogens is 404 g/mol. The maximum atomic E-state index is 13.3. The molecule has 0 saturated carbocycles. The lowest BCUT2D eigenvalue weighted by Crippen LogP contribution is -2.15. The minimum Gasteiger partial charge on any atom is -0.497 e. The van der Waals surface area contributed by atoms with Crippen LogP contribution in [0.15, 0.2) is 79.0 Å². The molecule has 7 heteroatoms. The number of hydrogen-bond donors (Lipinski definition) is 2. The van der Waals surface area contributed by atoms with E-state index in [2.05, 4.69) is 10.4 Å². The van der Waals surface area contributed by atoms with Gasteiger partial charge >= 0.3 is 0 Å². The summed E-state index contributed by atoms with van der Waals surface area (Å²) in [5, 5.41) is 7.58. The number of nitrogens with one attached hydrogen (secondary N) is 1. The van der Waals surface area contributed by atoms with Crippen molar-refractivity contribution in [1.29, 1.82) is 0 Å². The zero-order valence-corrected chi connectivity index (χ0v) is 17.7. The third kappa shape index (κ3) is 4.22. The van der Waals surface area contributed by atoms with Crippen molar-refractivity contribution in [2.75, 3.05) is 12.4 Å². The summed E-state index contributed by atoms with van der Waals surface area (Å²) in [6.07, 6.45) is 1.70. The van der Waals surface area contributed by atoms with Crippen LogP contribution in [0.3, 0.4) is 0 Å². The summed E-state index contributed by atoms with van der Waals surface area (Å²) in [6, 6.07) is 21.9. The first-order valence-corrected chi connectivity index (χ1v) is 9.97. The zero-order chi connectivity index (χ0) is 22.7. The Kier molecular flexibility index (Phi) is 5.72. The molecule has 7 nitrogen and oxygen atoms in total. The molecular formula is C25H22N4O3. The first kappa shape index (κ1) is 20.9. The lowest BCUT2D eigenvalue weighted by Gasteiger charge is -2.09. The number of hydrogen-bond acceptors (Lipinski definition) is 4. The molecule has 2 amide bonds. The molecule has 0 atom stereocenters. The number of methoxy groups -OCH3 is 1. The maximum absolute atomic E-state index is 13.3. The first-order valence-electron chi connectivity index (χ1n) is 9.97. The van der Waals surface area contributed by atoms with E-state index in [1.54, 1.807) is 43.1 Å². The van der Waals surface area contributed by atoms with Crippen LogP contribution in [0.2, 0.25) is 0 Å². The third-order valence-electron chi connectivity index (χ3n) is 5.07. The molecule has 0 fully saturated rings. The van der Waals surface area contributed by atoms with E-state index in [1.807, 2.05) is 54.6 Å². The van der Waals surface area contributed by atoms with Gasteiger partial charge < -0.3 is 15.8 Å². The van der Waals surface area contributed by atoms with E-state index in [1.165, 1.54) is 0 Å². The second kappa shape index (κ2) is 8.77. The second-order valence-electron chi connectivity index (χ2n) is 7.25. The predicted octanol–water partition coefficient (Wildman–Crippen LogP) is 4.21. The average Bonchev–Trinajstić information content (AvgIpc) is 3.25. The first-order chi connectivity index (χ1) is 15.5. The van der Waals surface area contributed by atoms with E-state index < -0.39 is 5.91 Å². The van der Waals surface area contributed by atoms with Crippen LogP contribution in [0.5, 0.6) is 5.75 Å². The van der Waals surface area contributed by atoms with Crippen LogP contribution >= 0.6 is 0 Å². The van der Waals surface area contributed by atoms with Crippen LogP contribution in [0.25, 0.3) is 16.9 Å². The third-order valence-corrected chi connectivity index (χ3v) is 5.07. The fraction of sp³-hybridized carbons (Fsp3) is 0.0800. The van der Waals surface area contributed by atoms with Gasteiger partial charge in [0.1, 0.15) is 11.4 Å². The van der Waals surface area contributed by atoms with Gasteiger partial charge in [0.25, 0.3) is 5.91 Å². The molecule has 160 valence electrons. The lowest BCUT2D eigenvalue weighted by molar-refractivity contribution is 0.0997. The molecule has 3 aromatic carbocycles. The monoisotopic (exact) mass is 426 g/mol. The quantitative estimate of drug-likeness (QED) is 0.482. The van der Waals surface area contributed by atoms with Crippen LogP contribution in [0.1, 0.15) is 26.3 Å². The normalized spacial score (nSPS) is 10.6. The van der Waals surface area contributed by atoms with Gasteiger partial charge in [-0.25, -0.2) is 4.68 Å². The fourth-order valence-electron chi connectivity index (χ4n) is 3.45. The van der Waals surface area contributed by atoms with Crippen LogP contribution in [-0.4, -0.2) is 28.7 Å². The summed E-state index contributed by atoms with van der Waals surface area (Å²) in [4.78, 5) is 24.7. The number of aryl methyl sites for hydroxylation is 1.